The van der Waals surface area contributed by atoms with Crippen molar-refractivity contribution in [3.05, 3.63) is 39.7 Å². The van der Waals surface area contributed by atoms with Gasteiger partial charge in [-0.1, -0.05) is 31.2 Å². The molecule has 0 saturated carbocycles. The minimum absolute atomic E-state index is 0.608. The van der Waals surface area contributed by atoms with Gasteiger partial charge in [-0.15, -0.1) is 11.3 Å². The molecule has 1 heterocycles. The Hall–Kier alpha value is -1.19. The number of aromatic nitrogens is 1. The van der Waals surface area contributed by atoms with Gasteiger partial charge >= 0.3 is 0 Å². The summed E-state index contributed by atoms with van der Waals surface area (Å²) >= 11 is 1.88. The number of nitrogens with two attached hydrogens (primary N) is 1. The minimum Gasteiger partial charge on any atom is -0.330 e. The van der Waals surface area contributed by atoms with Gasteiger partial charge in [0.2, 0.25) is 0 Å². The molecule has 94 valence electrons. The molecule has 3 heteroatoms. The molecule has 1 unspecified atom stereocenters. The molecule has 0 fully saturated rings. The highest BCUT2D eigenvalue weighted by atomic mass is 32.1. The van der Waals surface area contributed by atoms with Crippen molar-refractivity contribution in [3.8, 4) is 11.3 Å². The highest BCUT2D eigenvalue weighted by Crippen LogP contribution is 2.41. The Morgan fingerprint density at radius 1 is 1.39 bits per heavy atom. The standard InChI is InChI=1S/C15H18N2S/c1-10-9-13-15(12-6-3-2-5-11(10)12)17-14(18-13)7-4-8-16/h2-3,5-6,10H,4,7-9,16H2,1H3. The zero-order chi connectivity index (χ0) is 12.5. The molecule has 0 radical (unpaired) electrons. The minimum atomic E-state index is 0.608. The second-order valence-corrected chi connectivity index (χ2v) is 6.13. The molecule has 1 aliphatic rings. The van der Waals surface area contributed by atoms with E-state index in [0.717, 1.165) is 25.8 Å². The van der Waals surface area contributed by atoms with Gasteiger partial charge < -0.3 is 5.73 Å². The van der Waals surface area contributed by atoms with Crippen molar-refractivity contribution in [1.82, 2.24) is 4.98 Å². The Morgan fingerprint density at radius 3 is 3.06 bits per heavy atom. The van der Waals surface area contributed by atoms with Gasteiger partial charge in [0, 0.05) is 16.9 Å². The van der Waals surface area contributed by atoms with Crippen LogP contribution in [0.3, 0.4) is 0 Å². The molecule has 0 amide bonds. The first-order valence-electron chi connectivity index (χ1n) is 6.57. The summed E-state index contributed by atoms with van der Waals surface area (Å²) < 4.78 is 0. The first kappa shape index (κ1) is 11.9. The number of thiazole rings is 1. The maximum Gasteiger partial charge on any atom is 0.0935 e. The summed E-state index contributed by atoms with van der Waals surface area (Å²) in [7, 11) is 0. The van der Waals surface area contributed by atoms with Crippen LogP contribution in [0, 0.1) is 0 Å². The molecule has 2 aromatic rings. The summed E-state index contributed by atoms with van der Waals surface area (Å²) in [5.74, 6) is 0.608. The van der Waals surface area contributed by atoms with Crippen molar-refractivity contribution in [1.29, 1.82) is 0 Å². The lowest BCUT2D eigenvalue weighted by molar-refractivity contribution is 0.756. The fraction of sp³-hybridized carbons (Fsp3) is 0.400. The molecule has 0 saturated heterocycles. The summed E-state index contributed by atoms with van der Waals surface area (Å²) in [4.78, 5) is 6.28. The Balaban J connectivity index is 2.02. The van der Waals surface area contributed by atoms with Crippen molar-refractivity contribution >= 4 is 11.3 Å². The van der Waals surface area contributed by atoms with Crippen molar-refractivity contribution in [2.45, 2.75) is 32.1 Å². The van der Waals surface area contributed by atoms with Crippen LogP contribution in [0.4, 0.5) is 0 Å². The molecule has 1 aromatic carbocycles. The summed E-state index contributed by atoms with van der Waals surface area (Å²) in [5.41, 5.74) is 9.58. The van der Waals surface area contributed by atoms with E-state index >= 15 is 0 Å². The maximum absolute atomic E-state index is 5.57. The third kappa shape index (κ3) is 1.98. The summed E-state index contributed by atoms with van der Waals surface area (Å²) in [6.45, 7) is 3.05. The lowest BCUT2D eigenvalue weighted by Crippen LogP contribution is -2.06. The number of hydrogen-bond acceptors (Lipinski definition) is 3. The van der Waals surface area contributed by atoms with Crippen LogP contribution in [0.5, 0.6) is 0 Å². The summed E-state index contributed by atoms with van der Waals surface area (Å²) in [5, 5.41) is 1.24. The fourth-order valence-corrected chi connectivity index (χ4v) is 3.89. The molecule has 0 spiro atoms. The molecule has 0 aliphatic heterocycles. The smallest absolute Gasteiger partial charge is 0.0935 e. The van der Waals surface area contributed by atoms with Crippen molar-refractivity contribution in [2.24, 2.45) is 5.73 Å². The largest absolute Gasteiger partial charge is 0.330 e. The maximum atomic E-state index is 5.57. The number of rotatable bonds is 3. The summed E-state index contributed by atoms with van der Waals surface area (Å²) in [6.07, 6.45) is 3.18. The zero-order valence-corrected chi connectivity index (χ0v) is 11.5. The lowest BCUT2D eigenvalue weighted by Gasteiger charge is -2.21. The van der Waals surface area contributed by atoms with Crippen LogP contribution in [-0.4, -0.2) is 11.5 Å². The van der Waals surface area contributed by atoms with E-state index in [1.807, 2.05) is 11.3 Å². The van der Waals surface area contributed by atoms with Gasteiger partial charge in [-0.05, 0) is 30.9 Å². The normalized spacial score (nSPS) is 17.3. The third-order valence-corrected chi connectivity index (χ3v) is 4.71. The topological polar surface area (TPSA) is 38.9 Å². The molecule has 3 rings (SSSR count). The van der Waals surface area contributed by atoms with Crippen molar-refractivity contribution in [2.75, 3.05) is 6.54 Å². The Bertz CT molecular complexity index is 559. The predicted octanol–water partition coefficient (Wildman–Crippen LogP) is 3.36. The molecule has 2 nitrogen and oxygen atoms in total. The molecular formula is C15H18N2S. The molecule has 0 bridgehead atoms. The average molecular weight is 258 g/mol. The quantitative estimate of drug-likeness (QED) is 0.917. The molecule has 18 heavy (non-hydrogen) atoms. The van der Waals surface area contributed by atoms with Gasteiger partial charge in [-0.3, -0.25) is 0 Å². The van der Waals surface area contributed by atoms with Crippen LogP contribution in [0.1, 0.15) is 34.7 Å². The first-order valence-corrected chi connectivity index (χ1v) is 7.39. The van der Waals surface area contributed by atoms with E-state index in [-0.39, 0.29) is 0 Å². The third-order valence-electron chi connectivity index (χ3n) is 3.57. The highest BCUT2D eigenvalue weighted by Gasteiger charge is 2.24. The molecular weight excluding hydrogens is 240 g/mol. The Kier molecular flexibility index (Phi) is 3.18. The van der Waals surface area contributed by atoms with Crippen LogP contribution in [0.25, 0.3) is 11.3 Å². The molecule has 1 aliphatic carbocycles. The summed E-state index contributed by atoms with van der Waals surface area (Å²) in [6, 6.07) is 8.68. The van der Waals surface area contributed by atoms with Crippen molar-refractivity contribution < 1.29 is 0 Å². The molecule has 1 aromatic heterocycles. The van der Waals surface area contributed by atoms with Crippen LogP contribution in [-0.2, 0) is 12.8 Å². The van der Waals surface area contributed by atoms with Gasteiger partial charge in [0.25, 0.3) is 0 Å². The van der Waals surface area contributed by atoms with Crippen LogP contribution in [0.15, 0.2) is 24.3 Å². The van der Waals surface area contributed by atoms with E-state index < -0.39 is 0 Å². The van der Waals surface area contributed by atoms with Crippen LogP contribution < -0.4 is 5.73 Å². The number of nitrogens with zero attached hydrogens (tertiary/aromatic N) is 1. The predicted molar refractivity (Wildman–Crippen MR) is 77.0 cm³/mol. The van der Waals surface area contributed by atoms with E-state index in [2.05, 4.69) is 31.2 Å². The number of hydrogen-bond donors (Lipinski definition) is 1. The van der Waals surface area contributed by atoms with Gasteiger partial charge in [0.05, 0.1) is 10.7 Å². The Labute approximate surface area is 112 Å². The molecule has 1 atom stereocenters. The first-order chi connectivity index (χ1) is 8.79. The van der Waals surface area contributed by atoms with Crippen LogP contribution >= 0.6 is 11.3 Å². The Morgan fingerprint density at radius 2 is 2.22 bits per heavy atom. The number of aryl methyl sites for hydroxylation is 1. The monoisotopic (exact) mass is 258 g/mol. The fourth-order valence-electron chi connectivity index (χ4n) is 2.64. The van der Waals surface area contributed by atoms with Gasteiger partial charge in [-0.25, -0.2) is 4.98 Å². The van der Waals surface area contributed by atoms with E-state index in [9.17, 15) is 0 Å². The highest BCUT2D eigenvalue weighted by molar-refractivity contribution is 7.12. The zero-order valence-electron chi connectivity index (χ0n) is 10.6. The van der Waals surface area contributed by atoms with E-state index in [0.29, 0.717) is 5.92 Å². The number of fused-ring (bicyclic) bond motifs is 3. The average Bonchev–Trinajstić information content (AvgIpc) is 2.80. The van der Waals surface area contributed by atoms with Gasteiger partial charge in [-0.2, -0.15) is 0 Å². The van der Waals surface area contributed by atoms with E-state index in [1.54, 1.807) is 0 Å². The molecule has 2 N–H and O–H groups in total. The SMILES string of the molecule is CC1Cc2sc(CCCN)nc2-c2ccccc21. The van der Waals surface area contributed by atoms with Gasteiger partial charge in [0.15, 0.2) is 0 Å². The second-order valence-electron chi connectivity index (χ2n) is 4.96. The lowest BCUT2D eigenvalue weighted by atomic mass is 9.86. The second kappa shape index (κ2) is 4.82. The number of benzene rings is 1. The van der Waals surface area contributed by atoms with Crippen LogP contribution in [0.2, 0.25) is 0 Å². The van der Waals surface area contributed by atoms with Gasteiger partial charge in [0.1, 0.15) is 0 Å². The van der Waals surface area contributed by atoms with E-state index in [1.165, 1.54) is 26.7 Å². The van der Waals surface area contributed by atoms with Crippen molar-refractivity contribution in [3.63, 3.8) is 0 Å². The van der Waals surface area contributed by atoms with E-state index in [4.69, 9.17) is 10.7 Å².